The molecular weight excluding hydrogens is 402 g/mol. The summed E-state index contributed by atoms with van der Waals surface area (Å²) in [4.78, 5) is 27.2. The van der Waals surface area contributed by atoms with Crippen LogP contribution in [0.3, 0.4) is 0 Å². The van der Waals surface area contributed by atoms with Crippen LogP contribution < -0.4 is 10.6 Å². The molecule has 3 aliphatic rings. The van der Waals surface area contributed by atoms with Crippen molar-refractivity contribution in [1.29, 1.82) is 0 Å². The molecule has 0 atom stereocenters. The highest BCUT2D eigenvalue weighted by molar-refractivity contribution is 5.98. The Kier molecular flexibility index (Phi) is 6.59. The van der Waals surface area contributed by atoms with Crippen LogP contribution in [0, 0.1) is 0 Å². The molecule has 0 unspecified atom stereocenters. The number of likely N-dealkylation sites (N-methyl/N-ethyl adjacent to an activating group) is 1. The number of carbonyl (C=O) groups is 1. The normalized spacial score (nSPS) is 26.5. The number of aryl methyl sites for hydroxylation is 1. The molecule has 2 aliphatic heterocycles. The lowest BCUT2D eigenvalue weighted by Gasteiger charge is -2.41. The van der Waals surface area contributed by atoms with Crippen molar-refractivity contribution in [2.75, 3.05) is 45.1 Å². The lowest BCUT2D eigenvalue weighted by atomic mass is 9.90. The Morgan fingerprint density at radius 3 is 2.59 bits per heavy atom. The molecular formula is C24H37N7O. The molecule has 1 saturated carbocycles. The first kappa shape index (κ1) is 21.6. The van der Waals surface area contributed by atoms with Crippen LogP contribution in [-0.4, -0.2) is 82.1 Å². The van der Waals surface area contributed by atoms with E-state index in [2.05, 4.69) is 37.0 Å². The highest BCUT2D eigenvalue weighted by atomic mass is 16.1. The van der Waals surface area contributed by atoms with Gasteiger partial charge >= 0.3 is 0 Å². The van der Waals surface area contributed by atoms with Crippen LogP contribution in [0.4, 0.5) is 5.95 Å². The minimum Gasteiger partial charge on any atom is -0.351 e. The van der Waals surface area contributed by atoms with E-state index in [0.29, 0.717) is 17.7 Å². The fourth-order valence-corrected chi connectivity index (χ4v) is 5.52. The van der Waals surface area contributed by atoms with E-state index in [4.69, 9.17) is 4.98 Å². The molecule has 32 heavy (non-hydrogen) atoms. The summed E-state index contributed by atoms with van der Waals surface area (Å²) in [5.41, 5.74) is 1.58. The van der Waals surface area contributed by atoms with Gasteiger partial charge in [-0.25, -0.2) is 4.98 Å². The number of piperazine rings is 1. The maximum atomic E-state index is 12.7. The van der Waals surface area contributed by atoms with Gasteiger partial charge in [-0.05, 0) is 51.6 Å². The Morgan fingerprint density at radius 2 is 1.78 bits per heavy atom. The van der Waals surface area contributed by atoms with E-state index in [1.165, 1.54) is 45.4 Å². The molecule has 0 radical (unpaired) electrons. The van der Waals surface area contributed by atoms with Crippen molar-refractivity contribution in [2.45, 2.75) is 70.0 Å². The molecule has 1 saturated heterocycles. The molecule has 1 amide bonds. The summed E-state index contributed by atoms with van der Waals surface area (Å²) in [5, 5.41) is 7.60. The van der Waals surface area contributed by atoms with Gasteiger partial charge in [0.15, 0.2) is 0 Å². The van der Waals surface area contributed by atoms with Crippen molar-refractivity contribution in [2.24, 2.45) is 0 Å². The van der Waals surface area contributed by atoms with Crippen LogP contribution in [0.25, 0.3) is 11.0 Å². The number of hydrogen-bond donors (Lipinski definition) is 2. The number of carbonyl (C=O) groups excluding carboxylic acids is 1. The molecule has 2 aromatic rings. The third-order valence-electron chi connectivity index (χ3n) is 7.55. The molecule has 5 rings (SSSR count). The molecule has 0 aromatic carbocycles. The van der Waals surface area contributed by atoms with E-state index in [1.54, 1.807) is 0 Å². The van der Waals surface area contributed by atoms with E-state index >= 15 is 0 Å². The zero-order valence-corrected chi connectivity index (χ0v) is 19.4. The Labute approximate surface area is 190 Å². The Balaban J connectivity index is 1.26. The number of nitrogens with one attached hydrogen (secondary N) is 2. The van der Waals surface area contributed by atoms with Crippen LogP contribution in [0.15, 0.2) is 12.3 Å². The molecule has 174 valence electrons. The predicted molar refractivity (Wildman–Crippen MR) is 127 cm³/mol. The Hall–Kier alpha value is -2.19. The second-order valence-corrected chi connectivity index (χ2v) is 9.81. The molecule has 1 aliphatic carbocycles. The quantitative estimate of drug-likeness (QED) is 0.766. The monoisotopic (exact) mass is 439 g/mol. The average molecular weight is 440 g/mol. The number of rotatable bonds is 3. The minimum atomic E-state index is 0.00152. The average Bonchev–Trinajstić information content (AvgIpc) is 3.17. The van der Waals surface area contributed by atoms with E-state index in [-0.39, 0.29) is 5.91 Å². The van der Waals surface area contributed by atoms with E-state index in [0.717, 1.165) is 62.3 Å². The second kappa shape index (κ2) is 9.75. The Bertz CT molecular complexity index is 926. The number of anilines is 1. The molecule has 0 spiro atoms. The summed E-state index contributed by atoms with van der Waals surface area (Å²) in [5.74, 6) is 0.695. The molecule has 2 fully saturated rings. The van der Waals surface area contributed by atoms with Gasteiger partial charge in [-0.15, -0.1) is 0 Å². The third kappa shape index (κ3) is 4.76. The molecule has 8 nitrogen and oxygen atoms in total. The number of nitrogens with zero attached hydrogens (tertiary/aromatic N) is 5. The van der Waals surface area contributed by atoms with Crippen LogP contribution in [0.5, 0.6) is 0 Å². The molecule has 8 heteroatoms. The summed E-state index contributed by atoms with van der Waals surface area (Å²) in [7, 11) is 2.22. The van der Waals surface area contributed by atoms with Crippen LogP contribution in [0.1, 0.15) is 61.9 Å². The number of hydrogen-bond acceptors (Lipinski definition) is 6. The Morgan fingerprint density at radius 1 is 1.00 bits per heavy atom. The predicted octanol–water partition coefficient (Wildman–Crippen LogP) is 2.71. The molecule has 2 aromatic heterocycles. The number of amides is 1. The minimum absolute atomic E-state index is 0.00152. The third-order valence-corrected chi connectivity index (χ3v) is 7.55. The molecule has 4 heterocycles. The van der Waals surface area contributed by atoms with Gasteiger partial charge < -0.3 is 20.1 Å². The summed E-state index contributed by atoms with van der Waals surface area (Å²) >= 11 is 0. The van der Waals surface area contributed by atoms with Gasteiger partial charge in [0, 0.05) is 62.9 Å². The SMILES string of the molecule is CN1CCN(C2CCC(Nc3ncc4cc5n(c4n3)CCCCCCNC5=O)CC2)CC1. The van der Waals surface area contributed by atoms with Crippen molar-refractivity contribution in [3.63, 3.8) is 0 Å². The second-order valence-electron chi connectivity index (χ2n) is 9.81. The maximum absolute atomic E-state index is 12.7. The zero-order valence-electron chi connectivity index (χ0n) is 19.4. The van der Waals surface area contributed by atoms with Crippen molar-refractivity contribution in [3.05, 3.63) is 18.0 Å². The van der Waals surface area contributed by atoms with Gasteiger partial charge in [-0.2, -0.15) is 4.98 Å². The lowest BCUT2D eigenvalue weighted by Crippen LogP contribution is -2.50. The van der Waals surface area contributed by atoms with Crippen molar-refractivity contribution < 1.29 is 4.79 Å². The topological polar surface area (TPSA) is 78.3 Å². The lowest BCUT2D eigenvalue weighted by molar-refractivity contribution is 0.0894. The van der Waals surface area contributed by atoms with Crippen molar-refractivity contribution in [1.82, 2.24) is 29.7 Å². The highest BCUT2D eigenvalue weighted by Crippen LogP contribution is 2.27. The first-order valence-corrected chi connectivity index (χ1v) is 12.5. The van der Waals surface area contributed by atoms with Gasteiger partial charge in [0.1, 0.15) is 11.3 Å². The fourth-order valence-electron chi connectivity index (χ4n) is 5.52. The van der Waals surface area contributed by atoms with Crippen molar-refractivity contribution >= 4 is 22.9 Å². The fraction of sp³-hybridized carbons (Fsp3) is 0.708. The van der Waals surface area contributed by atoms with Gasteiger partial charge in [0.25, 0.3) is 5.91 Å². The van der Waals surface area contributed by atoms with Gasteiger partial charge in [-0.1, -0.05) is 12.8 Å². The van der Waals surface area contributed by atoms with Crippen LogP contribution in [0.2, 0.25) is 0 Å². The first-order valence-electron chi connectivity index (χ1n) is 12.5. The molecule has 0 bridgehead atoms. The smallest absolute Gasteiger partial charge is 0.267 e. The van der Waals surface area contributed by atoms with Gasteiger partial charge in [0.2, 0.25) is 5.95 Å². The van der Waals surface area contributed by atoms with Gasteiger partial charge in [-0.3, -0.25) is 9.69 Å². The van der Waals surface area contributed by atoms with Crippen LogP contribution in [-0.2, 0) is 6.54 Å². The standard InChI is InChI=1S/C24H37N7O/c1-29-12-14-30(15-13-29)20-8-6-19(7-9-20)27-24-26-17-18-16-21-23(32)25-10-4-2-3-5-11-31(21)22(18)28-24/h16-17,19-20H,2-15H2,1H3,(H,25,32)(H,26,27,28). The number of fused-ring (bicyclic) bond motifs is 3. The zero-order chi connectivity index (χ0) is 21.9. The van der Waals surface area contributed by atoms with E-state index in [1.807, 2.05) is 12.3 Å². The summed E-state index contributed by atoms with van der Waals surface area (Å²) in [6, 6.07) is 3.09. The molecule has 2 N–H and O–H groups in total. The van der Waals surface area contributed by atoms with E-state index < -0.39 is 0 Å². The van der Waals surface area contributed by atoms with Gasteiger partial charge in [0.05, 0.1) is 0 Å². The number of aromatic nitrogens is 3. The summed E-state index contributed by atoms with van der Waals surface area (Å²) in [6.07, 6.45) is 11.1. The first-order chi connectivity index (χ1) is 15.7. The highest BCUT2D eigenvalue weighted by Gasteiger charge is 2.28. The maximum Gasteiger partial charge on any atom is 0.267 e. The van der Waals surface area contributed by atoms with Crippen LogP contribution >= 0.6 is 0 Å². The van der Waals surface area contributed by atoms with E-state index in [9.17, 15) is 4.79 Å². The van der Waals surface area contributed by atoms with Crippen molar-refractivity contribution in [3.8, 4) is 0 Å². The summed E-state index contributed by atoms with van der Waals surface area (Å²) in [6.45, 7) is 6.35. The largest absolute Gasteiger partial charge is 0.351 e. The summed E-state index contributed by atoms with van der Waals surface area (Å²) < 4.78 is 2.09.